The summed E-state index contributed by atoms with van der Waals surface area (Å²) in [5.74, 6) is 0.213. The van der Waals surface area contributed by atoms with Crippen molar-refractivity contribution in [3.8, 4) is 5.75 Å². The van der Waals surface area contributed by atoms with Crippen LogP contribution in [-0.4, -0.2) is 12.8 Å². The fourth-order valence-electron chi connectivity index (χ4n) is 1.93. The highest BCUT2D eigenvalue weighted by molar-refractivity contribution is 5.89. The van der Waals surface area contributed by atoms with E-state index in [4.69, 9.17) is 10.5 Å². The quantitative estimate of drug-likeness (QED) is 0.919. The van der Waals surface area contributed by atoms with Crippen molar-refractivity contribution >= 4 is 10.8 Å². The maximum absolute atomic E-state index is 12.3. The second-order valence-corrected chi connectivity index (χ2v) is 4.40. The van der Waals surface area contributed by atoms with Gasteiger partial charge in [0.1, 0.15) is 5.75 Å². The summed E-state index contributed by atoms with van der Waals surface area (Å²) in [6.45, 7) is 0.394. The molecule has 5 heteroatoms. The van der Waals surface area contributed by atoms with Crippen molar-refractivity contribution in [1.82, 2.24) is 0 Å². The molecule has 102 valence electrons. The molecule has 0 unspecified atom stereocenters. The molecule has 0 amide bonds. The monoisotopic (exact) mass is 269 g/mol. The Hall–Kier alpha value is -1.75. The Morgan fingerprint density at radius 3 is 2.47 bits per heavy atom. The fraction of sp³-hybridized carbons (Fsp3) is 0.286. The van der Waals surface area contributed by atoms with E-state index in [1.54, 1.807) is 25.1 Å². The molecule has 19 heavy (non-hydrogen) atoms. The number of rotatable bonds is 3. The number of hydrogen-bond donors (Lipinski definition) is 1. The van der Waals surface area contributed by atoms with Gasteiger partial charge in [0, 0.05) is 17.0 Å². The van der Waals surface area contributed by atoms with Crippen LogP contribution in [-0.2, 0) is 0 Å². The first-order chi connectivity index (χ1) is 8.88. The normalized spacial score (nSPS) is 13.5. The molecular weight excluding hydrogens is 255 g/mol. The first-order valence-electron chi connectivity index (χ1n) is 5.85. The van der Waals surface area contributed by atoms with Gasteiger partial charge in [0.05, 0.1) is 0 Å². The van der Waals surface area contributed by atoms with E-state index in [1.807, 2.05) is 18.2 Å². The van der Waals surface area contributed by atoms with Crippen molar-refractivity contribution in [3.63, 3.8) is 0 Å². The minimum atomic E-state index is -4.37. The van der Waals surface area contributed by atoms with E-state index in [0.29, 0.717) is 10.9 Å². The van der Waals surface area contributed by atoms with Crippen LogP contribution >= 0.6 is 0 Å². The largest absolute Gasteiger partial charge is 0.483 e. The summed E-state index contributed by atoms with van der Waals surface area (Å²) in [5, 5.41) is 1.46. The molecule has 0 aliphatic heterocycles. The maximum atomic E-state index is 12.3. The van der Waals surface area contributed by atoms with Gasteiger partial charge in [-0.1, -0.05) is 36.4 Å². The topological polar surface area (TPSA) is 35.2 Å². The third-order valence-corrected chi connectivity index (χ3v) is 2.78. The van der Waals surface area contributed by atoms with Gasteiger partial charge in [0.15, 0.2) is 6.61 Å². The van der Waals surface area contributed by atoms with Gasteiger partial charge < -0.3 is 10.5 Å². The number of nitrogens with two attached hydrogens (primary N) is 1. The fourth-order valence-corrected chi connectivity index (χ4v) is 1.93. The lowest BCUT2D eigenvalue weighted by Crippen LogP contribution is -2.20. The zero-order valence-electron chi connectivity index (χ0n) is 10.4. The highest BCUT2D eigenvalue weighted by Crippen LogP contribution is 2.33. The van der Waals surface area contributed by atoms with Crippen LogP contribution in [0.2, 0.25) is 0 Å². The molecule has 2 rings (SSSR count). The number of hydrogen-bond acceptors (Lipinski definition) is 2. The second kappa shape index (κ2) is 5.09. The van der Waals surface area contributed by atoms with Crippen LogP contribution in [0.25, 0.3) is 10.8 Å². The minimum Gasteiger partial charge on any atom is -0.483 e. The van der Waals surface area contributed by atoms with E-state index in [9.17, 15) is 13.2 Å². The first-order valence-corrected chi connectivity index (χ1v) is 5.85. The average molecular weight is 269 g/mol. The third kappa shape index (κ3) is 3.17. The SMILES string of the molecule is C[C@H](N)c1ccc2ccccc2c1OCC(F)(F)F. The van der Waals surface area contributed by atoms with Gasteiger partial charge in [-0.2, -0.15) is 13.2 Å². The molecule has 2 aromatic rings. The molecule has 0 aliphatic rings. The molecule has 2 N–H and O–H groups in total. The number of fused-ring (bicyclic) bond motifs is 1. The van der Waals surface area contributed by atoms with Crippen molar-refractivity contribution in [3.05, 3.63) is 42.0 Å². The van der Waals surface area contributed by atoms with Crippen LogP contribution < -0.4 is 10.5 Å². The average Bonchev–Trinajstić information content (AvgIpc) is 2.34. The van der Waals surface area contributed by atoms with E-state index in [-0.39, 0.29) is 5.75 Å². The van der Waals surface area contributed by atoms with Crippen molar-refractivity contribution in [2.45, 2.75) is 19.1 Å². The van der Waals surface area contributed by atoms with Gasteiger partial charge in [-0.3, -0.25) is 0 Å². The summed E-state index contributed by atoms with van der Waals surface area (Å²) in [5.41, 5.74) is 6.36. The molecule has 0 aliphatic carbocycles. The number of alkyl halides is 3. The van der Waals surface area contributed by atoms with Crippen molar-refractivity contribution < 1.29 is 17.9 Å². The van der Waals surface area contributed by atoms with E-state index < -0.39 is 18.8 Å². The van der Waals surface area contributed by atoms with E-state index in [0.717, 1.165) is 5.39 Å². The molecule has 2 nitrogen and oxygen atoms in total. The van der Waals surface area contributed by atoms with Crippen LogP contribution in [0.5, 0.6) is 5.75 Å². The Balaban J connectivity index is 2.50. The molecule has 0 bridgehead atoms. The maximum Gasteiger partial charge on any atom is 0.422 e. The predicted octanol–water partition coefficient (Wildman–Crippen LogP) is 3.80. The summed E-state index contributed by atoms with van der Waals surface area (Å²) in [4.78, 5) is 0. The third-order valence-electron chi connectivity index (χ3n) is 2.78. The Bertz CT molecular complexity index is 578. The molecule has 0 fully saturated rings. The molecule has 2 aromatic carbocycles. The summed E-state index contributed by atoms with van der Waals surface area (Å²) in [7, 11) is 0. The standard InChI is InChI=1S/C14H14F3NO/c1-9(18)11-7-6-10-4-2-3-5-12(10)13(11)19-8-14(15,16)17/h2-7,9H,8,18H2,1H3/t9-/m0/s1. The number of halogens is 3. The molecule has 0 radical (unpaired) electrons. The van der Waals surface area contributed by atoms with Crippen LogP contribution in [0.3, 0.4) is 0 Å². The summed E-state index contributed by atoms with van der Waals surface area (Å²) >= 11 is 0. The highest BCUT2D eigenvalue weighted by atomic mass is 19.4. The lowest BCUT2D eigenvalue weighted by Gasteiger charge is -2.17. The van der Waals surface area contributed by atoms with E-state index in [2.05, 4.69) is 0 Å². The lowest BCUT2D eigenvalue weighted by atomic mass is 10.0. The van der Waals surface area contributed by atoms with Crippen molar-refractivity contribution in [2.75, 3.05) is 6.61 Å². The minimum absolute atomic E-state index is 0.213. The lowest BCUT2D eigenvalue weighted by molar-refractivity contribution is -0.153. The summed E-state index contributed by atoms with van der Waals surface area (Å²) in [6.07, 6.45) is -4.37. The van der Waals surface area contributed by atoms with Crippen LogP contribution in [0.4, 0.5) is 13.2 Å². The van der Waals surface area contributed by atoms with E-state index >= 15 is 0 Å². The smallest absolute Gasteiger partial charge is 0.422 e. The van der Waals surface area contributed by atoms with Gasteiger partial charge in [-0.05, 0) is 12.3 Å². The molecule has 0 saturated carbocycles. The van der Waals surface area contributed by atoms with E-state index in [1.165, 1.54) is 0 Å². The van der Waals surface area contributed by atoms with Gasteiger partial charge in [-0.25, -0.2) is 0 Å². The molecule has 0 heterocycles. The predicted molar refractivity (Wildman–Crippen MR) is 68.1 cm³/mol. The van der Waals surface area contributed by atoms with Crippen molar-refractivity contribution in [1.29, 1.82) is 0 Å². The van der Waals surface area contributed by atoms with Gasteiger partial charge in [0.25, 0.3) is 0 Å². The van der Waals surface area contributed by atoms with Crippen LogP contribution in [0.1, 0.15) is 18.5 Å². The number of benzene rings is 2. The molecule has 0 spiro atoms. The Kier molecular flexibility index (Phi) is 3.66. The Morgan fingerprint density at radius 2 is 1.84 bits per heavy atom. The van der Waals surface area contributed by atoms with Gasteiger partial charge in [0.2, 0.25) is 0 Å². The Morgan fingerprint density at radius 1 is 1.16 bits per heavy atom. The van der Waals surface area contributed by atoms with Crippen LogP contribution in [0, 0.1) is 0 Å². The summed E-state index contributed by atoms with van der Waals surface area (Å²) in [6, 6.07) is 10.3. The van der Waals surface area contributed by atoms with Gasteiger partial charge in [-0.15, -0.1) is 0 Å². The first kappa shape index (κ1) is 13.7. The Labute approximate surface area is 109 Å². The second-order valence-electron chi connectivity index (χ2n) is 4.40. The number of ether oxygens (including phenoxy) is 1. The highest BCUT2D eigenvalue weighted by Gasteiger charge is 2.29. The van der Waals surface area contributed by atoms with Crippen molar-refractivity contribution in [2.24, 2.45) is 5.73 Å². The summed E-state index contributed by atoms with van der Waals surface area (Å²) < 4.78 is 41.9. The van der Waals surface area contributed by atoms with Crippen LogP contribution in [0.15, 0.2) is 36.4 Å². The molecular formula is C14H14F3NO. The molecule has 0 aromatic heterocycles. The van der Waals surface area contributed by atoms with Gasteiger partial charge >= 0.3 is 6.18 Å². The zero-order chi connectivity index (χ0) is 14.0. The zero-order valence-corrected chi connectivity index (χ0v) is 10.4. The molecule has 1 atom stereocenters. The molecule has 0 saturated heterocycles.